The van der Waals surface area contributed by atoms with Gasteiger partial charge in [-0.05, 0) is 5.92 Å². The largest absolute Gasteiger partial charge is 0.390 e. The SMILES string of the molecule is O=C1CC(C2C(=O)NCC2O)CN1. The van der Waals surface area contributed by atoms with Crippen LogP contribution >= 0.6 is 0 Å². The predicted molar refractivity (Wildman–Crippen MR) is 43.6 cm³/mol. The van der Waals surface area contributed by atoms with Crippen LogP contribution in [0.2, 0.25) is 0 Å². The summed E-state index contributed by atoms with van der Waals surface area (Å²) in [5.41, 5.74) is 0. The number of carbonyl (C=O) groups is 2. The molecular weight excluding hydrogens is 172 g/mol. The maximum atomic E-state index is 11.3. The lowest BCUT2D eigenvalue weighted by atomic mass is 9.88. The van der Waals surface area contributed by atoms with Gasteiger partial charge in [0.2, 0.25) is 11.8 Å². The minimum Gasteiger partial charge on any atom is -0.390 e. The van der Waals surface area contributed by atoms with Crippen molar-refractivity contribution in [2.45, 2.75) is 12.5 Å². The van der Waals surface area contributed by atoms with Crippen LogP contribution < -0.4 is 10.6 Å². The molecule has 2 rings (SSSR count). The Kier molecular flexibility index (Phi) is 1.95. The summed E-state index contributed by atoms with van der Waals surface area (Å²) in [4.78, 5) is 22.2. The van der Waals surface area contributed by atoms with Crippen LogP contribution in [0.25, 0.3) is 0 Å². The van der Waals surface area contributed by atoms with Crippen LogP contribution in [0.1, 0.15) is 6.42 Å². The zero-order valence-electron chi connectivity index (χ0n) is 7.12. The van der Waals surface area contributed by atoms with E-state index in [-0.39, 0.29) is 17.7 Å². The number of β-amino-alcohol motifs (C(OH)–C–C–N with tert-alkyl or cyclic N) is 1. The fourth-order valence-corrected chi connectivity index (χ4v) is 2.03. The summed E-state index contributed by atoms with van der Waals surface area (Å²) in [6.45, 7) is 0.822. The van der Waals surface area contributed by atoms with Crippen LogP contribution in [0.15, 0.2) is 0 Å². The van der Waals surface area contributed by atoms with E-state index in [1.54, 1.807) is 0 Å². The first-order chi connectivity index (χ1) is 6.18. The third kappa shape index (κ3) is 1.39. The first-order valence-corrected chi connectivity index (χ1v) is 4.41. The molecule has 3 atom stereocenters. The Morgan fingerprint density at radius 1 is 1.23 bits per heavy atom. The Hall–Kier alpha value is -1.10. The number of rotatable bonds is 1. The molecule has 2 fully saturated rings. The van der Waals surface area contributed by atoms with Crippen molar-refractivity contribution in [3.05, 3.63) is 0 Å². The zero-order chi connectivity index (χ0) is 9.42. The quantitative estimate of drug-likeness (QED) is 0.451. The van der Waals surface area contributed by atoms with Gasteiger partial charge in [-0.15, -0.1) is 0 Å². The molecule has 72 valence electrons. The van der Waals surface area contributed by atoms with E-state index < -0.39 is 12.0 Å². The second-order valence-electron chi connectivity index (χ2n) is 3.61. The maximum Gasteiger partial charge on any atom is 0.226 e. The lowest BCUT2D eigenvalue weighted by Crippen LogP contribution is -2.31. The molecule has 2 aliphatic rings. The molecule has 2 aliphatic heterocycles. The van der Waals surface area contributed by atoms with Gasteiger partial charge in [0, 0.05) is 19.5 Å². The lowest BCUT2D eigenvalue weighted by molar-refractivity contribution is -0.125. The van der Waals surface area contributed by atoms with E-state index in [0.717, 1.165) is 0 Å². The molecule has 0 aromatic carbocycles. The molecule has 0 radical (unpaired) electrons. The second-order valence-corrected chi connectivity index (χ2v) is 3.61. The molecule has 0 aliphatic carbocycles. The summed E-state index contributed by atoms with van der Waals surface area (Å²) in [5, 5.41) is 14.7. The summed E-state index contributed by atoms with van der Waals surface area (Å²) in [5.74, 6) is -0.602. The van der Waals surface area contributed by atoms with E-state index in [4.69, 9.17) is 0 Å². The molecule has 0 saturated carbocycles. The van der Waals surface area contributed by atoms with E-state index in [2.05, 4.69) is 10.6 Å². The fourth-order valence-electron chi connectivity index (χ4n) is 2.03. The molecule has 2 saturated heterocycles. The summed E-state index contributed by atoms with van der Waals surface area (Å²) in [6, 6.07) is 0. The van der Waals surface area contributed by atoms with Gasteiger partial charge in [0.25, 0.3) is 0 Å². The average molecular weight is 184 g/mol. The van der Waals surface area contributed by atoms with Crippen molar-refractivity contribution < 1.29 is 14.7 Å². The first-order valence-electron chi connectivity index (χ1n) is 4.41. The van der Waals surface area contributed by atoms with Gasteiger partial charge in [0.1, 0.15) is 0 Å². The number of carbonyl (C=O) groups excluding carboxylic acids is 2. The Morgan fingerprint density at radius 2 is 2.00 bits per heavy atom. The highest BCUT2D eigenvalue weighted by molar-refractivity contribution is 5.84. The van der Waals surface area contributed by atoms with E-state index in [1.807, 2.05) is 0 Å². The van der Waals surface area contributed by atoms with Crippen molar-refractivity contribution in [2.75, 3.05) is 13.1 Å². The predicted octanol–water partition coefficient (Wildman–Crippen LogP) is -1.77. The zero-order valence-corrected chi connectivity index (χ0v) is 7.12. The van der Waals surface area contributed by atoms with E-state index in [0.29, 0.717) is 19.5 Å². The van der Waals surface area contributed by atoms with Gasteiger partial charge in [-0.1, -0.05) is 0 Å². The van der Waals surface area contributed by atoms with Crippen LogP contribution in [-0.4, -0.2) is 36.1 Å². The third-order valence-electron chi connectivity index (χ3n) is 2.72. The van der Waals surface area contributed by atoms with Gasteiger partial charge in [0.05, 0.1) is 12.0 Å². The van der Waals surface area contributed by atoms with Crippen LogP contribution in [0.3, 0.4) is 0 Å². The molecule has 0 aromatic heterocycles. The summed E-state index contributed by atoms with van der Waals surface area (Å²) >= 11 is 0. The molecule has 5 heteroatoms. The smallest absolute Gasteiger partial charge is 0.226 e. The highest BCUT2D eigenvalue weighted by atomic mass is 16.3. The second kappa shape index (κ2) is 2.99. The molecule has 5 nitrogen and oxygen atoms in total. The third-order valence-corrected chi connectivity index (χ3v) is 2.72. The van der Waals surface area contributed by atoms with Gasteiger partial charge < -0.3 is 15.7 Å². The maximum absolute atomic E-state index is 11.3. The van der Waals surface area contributed by atoms with Crippen LogP contribution in [0.5, 0.6) is 0 Å². The first kappa shape index (κ1) is 8.50. The van der Waals surface area contributed by atoms with E-state index in [9.17, 15) is 14.7 Å². The van der Waals surface area contributed by atoms with Crippen molar-refractivity contribution in [2.24, 2.45) is 11.8 Å². The summed E-state index contributed by atoms with van der Waals surface area (Å²) in [7, 11) is 0. The number of hydrogen-bond acceptors (Lipinski definition) is 3. The molecule has 2 heterocycles. The van der Waals surface area contributed by atoms with E-state index >= 15 is 0 Å². The minimum atomic E-state index is -0.634. The molecule has 3 unspecified atom stereocenters. The monoisotopic (exact) mass is 184 g/mol. The van der Waals surface area contributed by atoms with Crippen LogP contribution in [-0.2, 0) is 9.59 Å². The highest BCUT2D eigenvalue weighted by Gasteiger charge is 2.42. The van der Waals surface area contributed by atoms with Crippen molar-refractivity contribution in [1.82, 2.24) is 10.6 Å². The molecule has 0 bridgehead atoms. The van der Waals surface area contributed by atoms with Crippen LogP contribution in [0.4, 0.5) is 0 Å². The number of nitrogens with one attached hydrogen (secondary N) is 2. The topological polar surface area (TPSA) is 78.4 Å². The molecule has 3 N–H and O–H groups in total. The standard InChI is InChI=1S/C8H12N2O3/c11-5-3-10-8(13)7(5)4-1-6(12)9-2-4/h4-5,7,11H,1-3H2,(H,9,12)(H,10,13). The fraction of sp³-hybridized carbons (Fsp3) is 0.750. The Labute approximate surface area is 75.5 Å². The van der Waals surface area contributed by atoms with Crippen molar-refractivity contribution in [3.63, 3.8) is 0 Å². The summed E-state index contributed by atoms with van der Waals surface area (Å²) < 4.78 is 0. The van der Waals surface area contributed by atoms with Gasteiger partial charge in [-0.25, -0.2) is 0 Å². The van der Waals surface area contributed by atoms with Crippen molar-refractivity contribution >= 4 is 11.8 Å². The van der Waals surface area contributed by atoms with Crippen molar-refractivity contribution in [3.8, 4) is 0 Å². The number of hydrogen-bond donors (Lipinski definition) is 3. The normalized spacial score (nSPS) is 39.0. The van der Waals surface area contributed by atoms with Crippen LogP contribution in [0, 0.1) is 11.8 Å². The lowest BCUT2D eigenvalue weighted by Gasteiger charge is -2.16. The highest BCUT2D eigenvalue weighted by Crippen LogP contribution is 2.25. The molecule has 0 spiro atoms. The number of aliphatic hydroxyl groups excluding tert-OH is 1. The Morgan fingerprint density at radius 3 is 2.46 bits per heavy atom. The molecule has 13 heavy (non-hydrogen) atoms. The number of aliphatic hydroxyl groups is 1. The minimum absolute atomic E-state index is 0.0306. The van der Waals surface area contributed by atoms with Crippen molar-refractivity contribution in [1.29, 1.82) is 0 Å². The van der Waals surface area contributed by atoms with Gasteiger partial charge in [-0.3, -0.25) is 9.59 Å². The number of amides is 2. The molecular formula is C8H12N2O3. The van der Waals surface area contributed by atoms with E-state index in [1.165, 1.54) is 0 Å². The molecule has 2 amide bonds. The van der Waals surface area contributed by atoms with Gasteiger partial charge >= 0.3 is 0 Å². The summed E-state index contributed by atoms with van der Waals surface area (Å²) in [6.07, 6.45) is -0.278. The Balaban J connectivity index is 2.07. The van der Waals surface area contributed by atoms with Gasteiger partial charge in [0.15, 0.2) is 0 Å². The van der Waals surface area contributed by atoms with Gasteiger partial charge in [-0.2, -0.15) is 0 Å². The Bertz CT molecular complexity index is 254. The molecule has 0 aromatic rings. The average Bonchev–Trinajstić information content (AvgIpc) is 2.60.